The SMILES string of the molecule is COCCCn1c(SCC(=O)Nc2cccc(C)c2C)nc2ccccc2c1=O. The van der Waals surface area contributed by atoms with Crippen LogP contribution in [0, 0.1) is 13.8 Å². The lowest BCUT2D eigenvalue weighted by molar-refractivity contribution is -0.113. The van der Waals surface area contributed by atoms with Crippen LogP contribution in [-0.4, -0.2) is 34.9 Å². The number of anilines is 1. The zero-order valence-corrected chi connectivity index (χ0v) is 17.7. The molecule has 7 heteroatoms. The molecule has 1 N–H and O–H groups in total. The molecule has 0 aliphatic rings. The van der Waals surface area contributed by atoms with E-state index in [0.29, 0.717) is 35.6 Å². The lowest BCUT2D eigenvalue weighted by Gasteiger charge is -2.13. The van der Waals surface area contributed by atoms with Gasteiger partial charge in [-0.05, 0) is 49.6 Å². The van der Waals surface area contributed by atoms with Crippen LogP contribution >= 0.6 is 11.8 Å². The number of carbonyl (C=O) groups is 1. The number of hydrogen-bond donors (Lipinski definition) is 1. The van der Waals surface area contributed by atoms with Gasteiger partial charge in [0.1, 0.15) is 0 Å². The summed E-state index contributed by atoms with van der Waals surface area (Å²) in [6, 6.07) is 13.1. The Kier molecular flexibility index (Phi) is 7.06. The summed E-state index contributed by atoms with van der Waals surface area (Å²) in [7, 11) is 1.63. The van der Waals surface area contributed by atoms with Crippen molar-refractivity contribution in [1.82, 2.24) is 9.55 Å². The normalized spacial score (nSPS) is 11.0. The molecule has 29 heavy (non-hydrogen) atoms. The standard InChI is InChI=1S/C22H25N3O3S/c1-15-8-6-11-18(16(15)2)23-20(26)14-29-22-24-19-10-5-4-9-17(19)21(27)25(22)12-7-13-28-3/h4-6,8-11H,7,12-14H2,1-3H3,(H,23,26). The van der Waals surface area contributed by atoms with Gasteiger partial charge in [0.05, 0.1) is 16.7 Å². The van der Waals surface area contributed by atoms with Crippen LogP contribution in [0.5, 0.6) is 0 Å². The van der Waals surface area contributed by atoms with Gasteiger partial charge in [0.15, 0.2) is 5.16 Å². The Balaban J connectivity index is 1.80. The lowest BCUT2D eigenvalue weighted by Crippen LogP contribution is -2.25. The number of ether oxygens (including phenoxy) is 1. The third kappa shape index (κ3) is 5.05. The number of fused-ring (bicyclic) bond motifs is 1. The summed E-state index contributed by atoms with van der Waals surface area (Å²) in [6.07, 6.45) is 0.693. The Morgan fingerprint density at radius 1 is 1.17 bits per heavy atom. The summed E-state index contributed by atoms with van der Waals surface area (Å²) in [5.74, 6) is 0.0390. The molecular formula is C22H25N3O3S. The highest BCUT2D eigenvalue weighted by atomic mass is 32.2. The van der Waals surface area contributed by atoms with Crippen molar-refractivity contribution in [3.63, 3.8) is 0 Å². The van der Waals surface area contributed by atoms with Gasteiger partial charge in [-0.1, -0.05) is 36.0 Å². The van der Waals surface area contributed by atoms with Crippen LogP contribution in [0.2, 0.25) is 0 Å². The fourth-order valence-corrected chi connectivity index (χ4v) is 3.85. The molecule has 0 atom stereocenters. The second-order valence-electron chi connectivity index (χ2n) is 6.80. The molecule has 0 unspecified atom stereocenters. The van der Waals surface area contributed by atoms with Crippen LogP contribution < -0.4 is 10.9 Å². The molecule has 1 amide bonds. The molecule has 1 heterocycles. The van der Waals surface area contributed by atoms with Gasteiger partial charge in [-0.15, -0.1) is 0 Å². The van der Waals surface area contributed by atoms with Crippen LogP contribution in [-0.2, 0) is 16.1 Å². The molecule has 0 saturated carbocycles. The number of rotatable bonds is 8. The third-order valence-electron chi connectivity index (χ3n) is 4.77. The number of nitrogens with zero attached hydrogens (tertiary/aromatic N) is 2. The Hall–Kier alpha value is -2.64. The molecule has 0 fully saturated rings. The van der Waals surface area contributed by atoms with Gasteiger partial charge in [-0.3, -0.25) is 14.2 Å². The average Bonchev–Trinajstić information content (AvgIpc) is 2.72. The maximum Gasteiger partial charge on any atom is 0.262 e. The molecule has 0 aliphatic carbocycles. The third-order valence-corrected chi connectivity index (χ3v) is 5.74. The zero-order chi connectivity index (χ0) is 20.8. The first-order chi connectivity index (χ1) is 14.0. The first-order valence-electron chi connectivity index (χ1n) is 9.48. The minimum Gasteiger partial charge on any atom is -0.385 e. The van der Waals surface area contributed by atoms with Crippen molar-refractivity contribution in [2.24, 2.45) is 0 Å². The fourth-order valence-electron chi connectivity index (χ4n) is 3.02. The number of amides is 1. The smallest absolute Gasteiger partial charge is 0.262 e. The molecule has 152 valence electrons. The first kappa shape index (κ1) is 21.1. The maximum atomic E-state index is 12.9. The molecule has 2 aromatic carbocycles. The van der Waals surface area contributed by atoms with E-state index in [1.54, 1.807) is 17.7 Å². The summed E-state index contributed by atoms with van der Waals surface area (Å²) in [4.78, 5) is 30.1. The highest BCUT2D eigenvalue weighted by Gasteiger charge is 2.14. The predicted molar refractivity (Wildman–Crippen MR) is 118 cm³/mol. The van der Waals surface area contributed by atoms with Crippen molar-refractivity contribution in [3.05, 3.63) is 63.9 Å². The predicted octanol–water partition coefficient (Wildman–Crippen LogP) is 3.78. The van der Waals surface area contributed by atoms with Crippen molar-refractivity contribution in [2.45, 2.75) is 32.0 Å². The number of thioether (sulfide) groups is 1. The molecule has 0 spiro atoms. The molecule has 0 aliphatic heterocycles. The summed E-state index contributed by atoms with van der Waals surface area (Å²) < 4.78 is 6.75. The molecule has 0 bridgehead atoms. The highest BCUT2D eigenvalue weighted by molar-refractivity contribution is 7.99. The summed E-state index contributed by atoms with van der Waals surface area (Å²) in [5.41, 5.74) is 3.52. The Morgan fingerprint density at radius 3 is 2.76 bits per heavy atom. The van der Waals surface area contributed by atoms with Crippen LogP contribution in [0.3, 0.4) is 0 Å². The second kappa shape index (κ2) is 9.71. The molecule has 3 aromatic rings. The fraction of sp³-hybridized carbons (Fsp3) is 0.318. The van der Waals surface area contributed by atoms with Crippen molar-refractivity contribution in [3.8, 4) is 0 Å². The highest BCUT2D eigenvalue weighted by Crippen LogP contribution is 2.21. The number of nitrogens with one attached hydrogen (secondary N) is 1. The zero-order valence-electron chi connectivity index (χ0n) is 16.9. The van der Waals surface area contributed by atoms with Crippen molar-refractivity contribution < 1.29 is 9.53 Å². The monoisotopic (exact) mass is 411 g/mol. The van der Waals surface area contributed by atoms with Crippen LogP contribution in [0.15, 0.2) is 52.4 Å². The largest absolute Gasteiger partial charge is 0.385 e. The van der Waals surface area contributed by atoms with E-state index in [-0.39, 0.29) is 17.2 Å². The van der Waals surface area contributed by atoms with Gasteiger partial charge >= 0.3 is 0 Å². The summed E-state index contributed by atoms with van der Waals surface area (Å²) in [6.45, 7) is 5.04. The minimum absolute atomic E-state index is 0.0934. The van der Waals surface area contributed by atoms with Crippen molar-refractivity contribution in [2.75, 3.05) is 24.8 Å². The summed E-state index contributed by atoms with van der Waals surface area (Å²) >= 11 is 1.27. The Bertz CT molecular complexity index is 1080. The van der Waals surface area contributed by atoms with Crippen molar-refractivity contribution >= 4 is 34.3 Å². The van der Waals surface area contributed by atoms with Gasteiger partial charge in [-0.25, -0.2) is 4.98 Å². The number of methoxy groups -OCH3 is 1. The van der Waals surface area contributed by atoms with E-state index in [0.717, 1.165) is 16.8 Å². The molecule has 1 aromatic heterocycles. The molecular weight excluding hydrogens is 386 g/mol. The van der Waals surface area contributed by atoms with E-state index >= 15 is 0 Å². The quantitative estimate of drug-likeness (QED) is 0.347. The van der Waals surface area contributed by atoms with Crippen LogP contribution in [0.4, 0.5) is 5.69 Å². The van der Waals surface area contributed by atoms with E-state index in [1.807, 2.05) is 50.2 Å². The van der Waals surface area contributed by atoms with E-state index in [4.69, 9.17) is 4.74 Å². The summed E-state index contributed by atoms with van der Waals surface area (Å²) in [5, 5.41) is 4.07. The Labute approximate surface area is 174 Å². The topological polar surface area (TPSA) is 73.2 Å². The lowest BCUT2D eigenvalue weighted by atomic mass is 10.1. The number of hydrogen-bond acceptors (Lipinski definition) is 5. The maximum absolute atomic E-state index is 12.9. The Morgan fingerprint density at radius 2 is 1.97 bits per heavy atom. The number of para-hydroxylation sites is 1. The molecule has 3 rings (SSSR count). The first-order valence-corrected chi connectivity index (χ1v) is 10.5. The molecule has 0 radical (unpaired) electrons. The van der Waals surface area contributed by atoms with Gasteiger partial charge in [-0.2, -0.15) is 0 Å². The average molecular weight is 412 g/mol. The number of carbonyl (C=O) groups excluding carboxylic acids is 1. The van der Waals surface area contributed by atoms with Gasteiger partial charge in [0.25, 0.3) is 5.56 Å². The second-order valence-corrected chi connectivity index (χ2v) is 7.74. The van der Waals surface area contributed by atoms with Gasteiger partial charge in [0, 0.05) is 25.9 Å². The van der Waals surface area contributed by atoms with Crippen LogP contribution in [0.1, 0.15) is 17.5 Å². The number of benzene rings is 2. The van der Waals surface area contributed by atoms with Crippen LogP contribution in [0.25, 0.3) is 10.9 Å². The minimum atomic E-state index is -0.130. The van der Waals surface area contributed by atoms with Gasteiger partial charge in [0.2, 0.25) is 5.91 Å². The van der Waals surface area contributed by atoms with E-state index in [9.17, 15) is 9.59 Å². The van der Waals surface area contributed by atoms with E-state index < -0.39 is 0 Å². The number of aryl methyl sites for hydroxylation is 1. The molecule has 0 saturated heterocycles. The van der Waals surface area contributed by atoms with E-state index in [2.05, 4.69) is 10.3 Å². The number of aromatic nitrogens is 2. The van der Waals surface area contributed by atoms with Crippen molar-refractivity contribution in [1.29, 1.82) is 0 Å². The van der Waals surface area contributed by atoms with Gasteiger partial charge < -0.3 is 10.1 Å². The van der Waals surface area contributed by atoms with E-state index in [1.165, 1.54) is 11.8 Å². The molecule has 6 nitrogen and oxygen atoms in total.